The molecule has 3 rings (SSSR count). The lowest BCUT2D eigenvalue weighted by Gasteiger charge is -2.19. The summed E-state index contributed by atoms with van der Waals surface area (Å²) in [6.45, 7) is 0.451. The number of methoxy groups -OCH3 is 2. The highest BCUT2D eigenvalue weighted by molar-refractivity contribution is 7.97. The molecule has 0 bridgehead atoms. The third kappa shape index (κ3) is 4.51. The van der Waals surface area contributed by atoms with Crippen molar-refractivity contribution in [1.29, 1.82) is 0 Å². The van der Waals surface area contributed by atoms with Crippen LogP contribution in [0.2, 0.25) is 0 Å². The molecule has 0 aliphatic carbocycles. The van der Waals surface area contributed by atoms with E-state index < -0.39 is 31.0 Å². The monoisotopic (exact) mass is 445 g/mol. The second-order valence-electron chi connectivity index (χ2n) is 6.59. The first-order valence-corrected chi connectivity index (χ1v) is 12.9. The summed E-state index contributed by atoms with van der Waals surface area (Å²) in [7, 11) is -3.98. The van der Waals surface area contributed by atoms with Crippen LogP contribution >= 0.6 is 11.3 Å². The van der Waals surface area contributed by atoms with Gasteiger partial charge in [0.2, 0.25) is 0 Å². The van der Waals surface area contributed by atoms with Crippen molar-refractivity contribution >= 4 is 31.0 Å². The zero-order chi connectivity index (χ0) is 20.4. The van der Waals surface area contributed by atoms with E-state index in [1.54, 1.807) is 31.7 Å². The summed E-state index contributed by atoms with van der Waals surface area (Å²) in [6, 6.07) is 8.10. The van der Waals surface area contributed by atoms with Gasteiger partial charge < -0.3 is 14.8 Å². The Hall–Kier alpha value is -1.62. The number of nitrogens with one attached hydrogen (secondary N) is 1. The van der Waals surface area contributed by atoms with Crippen LogP contribution < -0.4 is 14.8 Å². The van der Waals surface area contributed by atoms with Crippen LogP contribution in [-0.2, 0) is 26.1 Å². The number of rotatable bonds is 8. The van der Waals surface area contributed by atoms with Crippen molar-refractivity contribution < 1.29 is 26.3 Å². The molecule has 0 spiro atoms. The van der Waals surface area contributed by atoms with E-state index in [1.165, 1.54) is 6.07 Å². The van der Waals surface area contributed by atoms with Gasteiger partial charge in [-0.1, -0.05) is 12.1 Å². The molecule has 154 valence electrons. The van der Waals surface area contributed by atoms with E-state index in [2.05, 4.69) is 5.32 Å². The highest BCUT2D eigenvalue weighted by Crippen LogP contribution is 2.29. The van der Waals surface area contributed by atoms with Crippen molar-refractivity contribution in [2.75, 3.05) is 32.3 Å². The van der Waals surface area contributed by atoms with Gasteiger partial charge in [-0.05, 0) is 42.1 Å². The van der Waals surface area contributed by atoms with E-state index in [0.717, 1.165) is 16.9 Å². The Morgan fingerprint density at radius 1 is 1.14 bits per heavy atom. The van der Waals surface area contributed by atoms with Crippen LogP contribution in [0.1, 0.15) is 5.56 Å². The SMILES string of the molecule is COc1ccc(CCNC2CS(=O)(=O)CC2S(=O)(=O)c2cccs2)cc1OC. The molecule has 1 fully saturated rings. The van der Waals surface area contributed by atoms with Crippen LogP contribution in [0.3, 0.4) is 0 Å². The van der Waals surface area contributed by atoms with Gasteiger partial charge in [0.1, 0.15) is 4.21 Å². The average molecular weight is 446 g/mol. The molecule has 1 saturated heterocycles. The number of hydrogen-bond acceptors (Lipinski definition) is 8. The van der Waals surface area contributed by atoms with Crippen molar-refractivity contribution in [2.45, 2.75) is 21.9 Å². The summed E-state index contributed by atoms with van der Waals surface area (Å²) in [5.74, 6) is 0.722. The first kappa shape index (κ1) is 21.1. The Morgan fingerprint density at radius 3 is 2.54 bits per heavy atom. The molecule has 28 heavy (non-hydrogen) atoms. The third-order valence-corrected chi connectivity index (χ3v) is 10.3. The van der Waals surface area contributed by atoms with Gasteiger partial charge in [0, 0.05) is 6.04 Å². The maximum Gasteiger partial charge on any atom is 0.193 e. The largest absolute Gasteiger partial charge is 0.493 e. The van der Waals surface area contributed by atoms with Gasteiger partial charge in [0.15, 0.2) is 31.2 Å². The lowest BCUT2D eigenvalue weighted by Crippen LogP contribution is -2.43. The summed E-state index contributed by atoms with van der Waals surface area (Å²) >= 11 is 1.11. The molecule has 1 N–H and O–H groups in total. The van der Waals surface area contributed by atoms with Crippen LogP contribution in [0.4, 0.5) is 0 Å². The minimum absolute atomic E-state index is 0.172. The maximum atomic E-state index is 12.9. The molecule has 2 heterocycles. The number of ether oxygens (including phenoxy) is 2. The molecule has 2 atom stereocenters. The highest BCUT2D eigenvalue weighted by atomic mass is 32.2. The standard InChI is InChI=1S/C18H23NO6S3/c1-24-15-6-5-13(10-16(15)25-2)7-8-19-14-11-27(20,21)12-17(14)28(22,23)18-4-3-9-26-18/h3-6,9-10,14,17,19H,7-8,11-12H2,1-2H3. The summed E-state index contributed by atoms with van der Waals surface area (Å²) in [5, 5.41) is 3.85. The van der Waals surface area contributed by atoms with E-state index in [-0.39, 0.29) is 15.7 Å². The first-order valence-electron chi connectivity index (χ1n) is 8.69. The number of sulfone groups is 2. The lowest BCUT2D eigenvalue weighted by atomic mass is 10.1. The number of thiophene rings is 1. The highest BCUT2D eigenvalue weighted by Gasteiger charge is 2.45. The van der Waals surface area contributed by atoms with Gasteiger partial charge in [0.25, 0.3) is 0 Å². The molecule has 1 aliphatic rings. The summed E-state index contributed by atoms with van der Waals surface area (Å²) in [4.78, 5) is 0. The summed E-state index contributed by atoms with van der Waals surface area (Å²) in [5.41, 5.74) is 0.976. The fourth-order valence-corrected chi connectivity index (χ4v) is 9.26. The van der Waals surface area contributed by atoms with Gasteiger partial charge in [0.05, 0.1) is 31.0 Å². The van der Waals surface area contributed by atoms with Crippen LogP contribution in [0.15, 0.2) is 39.9 Å². The number of hydrogen-bond donors (Lipinski definition) is 1. The Bertz CT molecular complexity index is 1020. The number of benzene rings is 1. The molecular weight excluding hydrogens is 422 g/mol. The van der Waals surface area contributed by atoms with E-state index in [9.17, 15) is 16.8 Å². The van der Waals surface area contributed by atoms with Gasteiger partial charge in [-0.15, -0.1) is 11.3 Å². The quantitative estimate of drug-likeness (QED) is 0.658. The minimum atomic E-state index is -3.69. The molecule has 7 nitrogen and oxygen atoms in total. The van der Waals surface area contributed by atoms with Crippen molar-refractivity contribution in [3.63, 3.8) is 0 Å². The van der Waals surface area contributed by atoms with Crippen LogP contribution in [0.5, 0.6) is 11.5 Å². The Kier molecular flexibility index (Phi) is 6.33. The predicted molar refractivity (Wildman–Crippen MR) is 109 cm³/mol. The zero-order valence-electron chi connectivity index (χ0n) is 15.6. The van der Waals surface area contributed by atoms with Crippen LogP contribution in [0, 0.1) is 0 Å². The topological polar surface area (TPSA) is 98.8 Å². The van der Waals surface area contributed by atoms with Crippen LogP contribution in [0.25, 0.3) is 0 Å². The van der Waals surface area contributed by atoms with Gasteiger partial charge in [-0.2, -0.15) is 0 Å². The Labute approximate surface area is 169 Å². The fraction of sp³-hybridized carbons (Fsp3) is 0.444. The average Bonchev–Trinajstić information content (AvgIpc) is 3.30. The Balaban J connectivity index is 1.70. The molecule has 2 aromatic rings. The molecule has 1 aromatic heterocycles. The second-order valence-corrected chi connectivity index (χ2v) is 12.1. The molecule has 1 aliphatic heterocycles. The van der Waals surface area contributed by atoms with Crippen LogP contribution in [-0.4, -0.2) is 60.4 Å². The molecular formula is C18H23NO6S3. The van der Waals surface area contributed by atoms with E-state index in [4.69, 9.17) is 9.47 Å². The molecule has 0 radical (unpaired) electrons. The van der Waals surface area contributed by atoms with Gasteiger partial charge >= 0.3 is 0 Å². The van der Waals surface area contributed by atoms with E-state index >= 15 is 0 Å². The molecule has 10 heteroatoms. The lowest BCUT2D eigenvalue weighted by molar-refractivity contribution is 0.354. The first-order chi connectivity index (χ1) is 13.3. The second kappa shape index (κ2) is 8.40. The summed E-state index contributed by atoms with van der Waals surface area (Å²) < 4.78 is 60.7. The van der Waals surface area contributed by atoms with Gasteiger partial charge in [-0.25, -0.2) is 16.8 Å². The van der Waals surface area contributed by atoms with E-state index in [1.807, 2.05) is 12.1 Å². The molecule has 0 amide bonds. The van der Waals surface area contributed by atoms with Crippen molar-refractivity contribution in [1.82, 2.24) is 5.32 Å². The molecule has 0 saturated carbocycles. The fourth-order valence-electron chi connectivity index (χ4n) is 3.32. The summed E-state index contributed by atoms with van der Waals surface area (Å²) in [6.07, 6.45) is 0.600. The zero-order valence-corrected chi connectivity index (χ0v) is 18.1. The third-order valence-electron chi connectivity index (χ3n) is 4.74. The van der Waals surface area contributed by atoms with Crippen molar-refractivity contribution in [3.05, 3.63) is 41.3 Å². The molecule has 1 aromatic carbocycles. The normalized spacial score (nSPS) is 21.5. The predicted octanol–water partition coefficient (Wildman–Crippen LogP) is 1.54. The van der Waals surface area contributed by atoms with Crippen molar-refractivity contribution in [3.8, 4) is 11.5 Å². The smallest absolute Gasteiger partial charge is 0.193 e. The Morgan fingerprint density at radius 2 is 1.89 bits per heavy atom. The molecule has 2 unspecified atom stereocenters. The van der Waals surface area contributed by atoms with Gasteiger partial charge in [-0.3, -0.25) is 0 Å². The maximum absolute atomic E-state index is 12.9. The van der Waals surface area contributed by atoms with E-state index in [0.29, 0.717) is 24.5 Å². The minimum Gasteiger partial charge on any atom is -0.493 e. The van der Waals surface area contributed by atoms with Crippen molar-refractivity contribution in [2.24, 2.45) is 0 Å².